The zero-order valence-electron chi connectivity index (χ0n) is 22.0. The van der Waals surface area contributed by atoms with E-state index in [1.54, 1.807) is 13.8 Å². The molecule has 0 heterocycles. The topological polar surface area (TPSA) is 52.6 Å². The second kappa shape index (κ2) is 24.4. The van der Waals surface area contributed by atoms with Gasteiger partial charge in [0.25, 0.3) is 0 Å². The van der Waals surface area contributed by atoms with E-state index in [4.69, 9.17) is 9.47 Å². The van der Waals surface area contributed by atoms with Gasteiger partial charge in [-0.25, -0.2) is 0 Å². The minimum Gasteiger partial charge on any atom is -0.488 e. The molecule has 4 unspecified atom stereocenters. The molecule has 34 heavy (non-hydrogen) atoms. The Balaban J connectivity index is -0.00000112. The van der Waals surface area contributed by atoms with E-state index in [1.807, 2.05) is 0 Å². The van der Waals surface area contributed by atoms with Gasteiger partial charge in [0, 0.05) is 131 Å². The van der Waals surface area contributed by atoms with Crippen LogP contribution in [0.25, 0.3) is 0 Å². The van der Waals surface area contributed by atoms with Gasteiger partial charge in [0.15, 0.2) is 11.9 Å². The third-order valence-electron chi connectivity index (χ3n) is 6.20. The average molecular weight is 772 g/mol. The number of ether oxygens (including phenoxy) is 2. The van der Waals surface area contributed by atoms with Crippen LogP contribution in [0.5, 0.6) is 0 Å². The standard InChI is InChI=1S/C26H40O4.4Y/c1-7-22(23-13-11-10-12-14-23)18-26(6,15-16-29-24(27)8-2)17-20(4)21(5)19-30-25(28)9-3;;;;/h8-14,20-22H,7,15-19H2,1-6H3;;;;/q-2;;;;. The fourth-order valence-electron chi connectivity index (χ4n) is 4.03. The number of carbonyl (C=O) groups is 2. The van der Waals surface area contributed by atoms with Crippen molar-refractivity contribution in [2.24, 2.45) is 17.3 Å². The van der Waals surface area contributed by atoms with Crippen LogP contribution < -0.4 is 0 Å². The Morgan fingerprint density at radius 1 is 0.882 bits per heavy atom. The molecule has 0 N–H and O–H groups in total. The van der Waals surface area contributed by atoms with Crippen molar-refractivity contribution >= 4 is 11.9 Å². The van der Waals surface area contributed by atoms with E-state index < -0.39 is 0 Å². The summed E-state index contributed by atoms with van der Waals surface area (Å²) >= 11 is 0. The van der Waals surface area contributed by atoms with Gasteiger partial charge >= 0.3 is 0 Å². The fourth-order valence-corrected chi connectivity index (χ4v) is 4.03. The fraction of sp³-hybridized carbons (Fsp3) is 0.615. The van der Waals surface area contributed by atoms with Gasteiger partial charge in [-0.1, -0.05) is 58.0 Å². The Morgan fingerprint density at radius 2 is 1.41 bits per heavy atom. The summed E-state index contributed by atoms with van der Waals surface area (Å²) in [6, 6.07) is 10.6. The first-order chi connectivity index (χ1) is 14.2. The second-order valence-corrected chi connectivity index (χ2v) is 8.81. The predicted octanol–water partition coefficient (Wildman–Crippen LogP) is 6.15. The summed E-state index contributed by atoms with van der Waals surface area (Å²) in [6.07, 6.45) is 6.80. The van der Waals surface area contributed by atoms with E-state index in [1.165, 1.54) is 18.4 Å². The molecule has 0 fully saturated rings. The molecular weight excluding hydrogens is 732 g/mol. The Morgan fingerprint density at radius 3 is 1.91 bits per heavy atom. The molecule has 8 heteroatoms. The maximum atomic E-state index is 11.6. The zero-order chi connectivity index (χ0) is 22.6. The van der Waals surface area contributed by atoms with E-state index in [0.29, 0.717) is 25.0 Å². The largest absolute Gasteiger partial charge is 0.488 e. The molecule has 0 saturated carbocycles. The normalized spacial score (nSPS) is 14.1. The van der Waals surface area contributed by atoms with Gasteiger partial charge in [-0.15, -0.1) is 0 Å². The van der Waals surface area contributed by atoms with Gasteiger partial charge in [-0.3, -0.25) is 22.4 Å². The molecule has 0 bridgehead atoms. The molecule has 4 radical (unpaired) electrons. The van der Waals surface area contributed by atoms with Crippen molar-refractivity contribution in [3.8, 4) is 0 Å². The quantitative estimate of drug-likeness (QED) is 0.168. The first-order valence-electron chi connectivity index (χ1n) is 11.2. The third-order valence-corrected chi connectivity index (χ3v) is 6.20. The van der Waals surface area contributed by atoms with Gasteiger partial charge in [-0.05, 0) is 54.4 Å². The monoisotopic (exact) mass is 772 g/mol. The minimum absolute atomic E-state index is 0. The van der Waals surface area contributed by atoms with Crippen molar-refractivity contribution < 1.29 is 150 Å². The number of hydrogen-bond acceptors (Lipinski definition) is 4. The molecule has 1 aromatic rings. The van der Waals surface area contributed by atoms with Crippen molar-refractivity contribution in [3.63, 3.8) is 0 Å². The minimum atomic E-state index is -0.269. The summed E-state index contributed by atoms with van der Waals surface area (Å²) in [5, 5.41) is 0. The Bertz CT molecular complexity index is 645. The smallest absolute Gasteiger partial charge is 0.166 e. The van der Waals surface area contributed by atoms with E-state index in [2.05, 4.69) is 58.0 Å². The van der Waals surface area contributed by atoms with Crippen molar-refractivity contribution in [2.45, 2.75) is 73.1 Å². The van der Waals surface area contributed by atoms with E-state index in [-0.39, 0.29) is 154 Å². The molecular formula is C26H40O4Y4-2. The summed E-state index contributed by atoms with van der Waals surface area (Å²) in [5.74, 6) is 0.559. The van der Waals surface area contributed by atoms with Crippen LogP contribution in [0.2, 0.25) is 0 Å². The van der Waals surface area contributed by atoms with E-state index >= 15 is 0 Å². The molecule has 0 aliphatic rings. The first kappa shape index (κ1) is 43.4. The molecule has 4 nitrogen and oxygen atoms in total. The molecule has 0 amide bonds. The number of hydrogen-bond donors (Lipinski definition) is 0. The SMILES string of the molecule is C[CH-]C(=O)OCCC(C)(CC(CC)c1ccccc1)CC(C)C(C)COC(=O)[CH-]C.[Y].[Y].[Y].[Y]. The summed E-state index contributed by atoms with van der Waals surface area (Å²) in [5.41, 5.74) is 1.37. The van der Waals surface area contributed by atoms with Crippen LogP contribution in [0, 0.1) is 30.1 Å². The van der Waals surface area contributed by atoms with Crippen molar-refractivity contribution in [3.05, 3.63) is 48.7 Å². The average Bonchev–Trinajstić information content (AvgIpc) is 2.75. The second-order valence-electron chi connectivity index (χ2n) is 8.81. The summed E-state index contributed by atoms with van der Waals surface area (Å²) in [6.45, 7) is 13.1. The van der Waals surface area contributed by atoms with Gasteiger partial charge < -0.3 is 9.47 Å². The van der Waals surface area contributed by atoms with Gasteiger partial charge in [-0.2, -0.15) is 13.8 Å². The zero-order valence-corrected chi connectivity index (χ0v) is 33.3. The Labute approximate surface area is 309 Å². The summed E-state index contributed by atoms with van der Waals surface area (Å²) in [7, 11) is 0. The van der Waals surface area contributed by atoms with Crippen molar-refractivity contribution in [1.82, 2.24) is 0 Å². The van der Waals surface area contributed by atoms with Crippen LogP contribution in [0.1, 0.15) is 78.7 Å². The van der Waals surface area contributed by atoms with Crippen molar-refractivity contribution in [1.29, 1.82) is 0 Å². The number of esters is 2. The maximum absolute atomic E-state index is 11.6. The van der Waals surface area contributed by atoms with Gasteiger partial charge in [0.1, 0.15) is 0 Å². The first-order valence-corrected chi connectivity index (χ1v) is 11.2. The van der Waals surface area contributed by atoms with Crippen LogP contribution in [-0.2, 0) is 150 Å². The number of carbonyl (C=O) groups excluding carboxylic acids is 2. The van der Waals surface area contributed by atoms with Crippen LogP contribution >= 0.6 is 0 Å². The number of rotatable bonds is 14. The third kappa shape index (κ3) is 17.8. The molecule has 1 rings (SSSR count). The molecule has 182 valence electrons. The van der Waals surface area contributed by atoms with Gasteiger partial charge in [0.2, 0.25) is 0 Å². The van der Waals surface area contributed by atoms with E-state index in [0.717, 1.165) is 25.7 Å². The summed E-state index contributed by atoms with van der Waals surface area (Å²) < 4.78 is 10.7. The van der Waals surface area contributed by atoms with Crippen molar-refractivity contribution in [2.75, 3.05) is 13.2 Å². The van der Waals surface area contributed by atoms with Gasteiger partial charge in [0.05, 0.1) is 13.2 Å². The van der Waals surface area contributed by atoms with Crippen LogP contribution in [0.4, 0.5) is 0 Å². The molecule has 0 aliphatic heterocycles. The van der Waals surface area contributed by atoms with Crippen LogP contribution in [-0.4, -0.2) is 25.2 Å². The Kier molecular flexibility index (Phi) is 31.1. The molecule has 0 spiro atoms. The molecule has 1 aromatic carbocycles. The Hall–Kier alpha value is 2.32. The predicted molar refractivity (Wildman–Crippen MR) is 122 cm³/mol. The van der Waals surface area contributed by atoms with Crippen LogP contribution in [0.3, 0.4) is 0 Å². The molecule has 0 saturated heterocycles. The molecule has 4 atom stereocenters. The number of benzene rings is 1. The maximum Gasteiger partial charge on any atom is 0.166 e. The summed E-state index contributed by atoms with van der Waals surface area (Å²) in [4.78, 5) is 23.0. The van der Waals surface area contributed by atoms with E-state index in [9.17, 15) is 9.59 Å². The molecule has 0 aromatic heterocycles. The molecule has 0 aliphatic carbocycles. The van der Waals surface area contributed by atoms with Crippen LogP contribution in [0.15, 0.2) is 30.3 Å².